The van der Waals surface area contributed by atoms with E-state index in [1.807, 2.05) is 45.0 Å². The summed E-state index contributed by atoms with van der Waals surface area (Å²) in [5.74, 6) is -0.459. The van der Waals surface area contributed by atoms with Crippen molar-refractivity contribution >= 4 is 24.2 Å². The highest BCUT2D eigenvalue weighted by Gasteiger charge is 2.21. The average Bonchev–Trinajstić information content (AvgIpc) is 2.36. The third-order valence-electron chi connectivity index (χ3n) is 2.91. The average molecular weight is 314 g/mol. The van der Waals surface area contributed by atoms with Crippen LogP contribution in [0.4, 0.5) is 0 Å². The maximum Gasteiger partial charge on any atom is 0.244 e. The third-order valence-corrected chi connectivity index (χ3v) is 2.91. The zero-order valence-electron chi connectivity index (χ0n) is 12.9. The lowest BCUT2D eigenvalue weighted by atomic mass is 10.0. The van der Waals surface area contributed by atoms with Crippen LogP contribution in [0.5, 0.6) is 0 Å². The Morgan fingerprint density at radius 1 is 1.24 bits per heavy atom. The van der Waals surface area contributed by atoms with Crippen molar-refractivity contribution in [2.24, 2.45) is 5.73 Å². The Bertz CT molecular complexity index is 474. The first kappa shape index (κ1) is 19.4. The van der Waals surface area contributed by atoms with E-state index < -0.39 is 6.04 Å². The van der Waals surface area contributed by atoms with E-state index >= 15 is 0 Å². The minimum atomic E-state index is -0.743. The van der Waals surface area contributed by atoms with Crippen molar-refractivity contribution in [2.45, 2.75) is 32.9 Å². The van der Waals surface area contributed by atoms with E-state index in [-0.39, 0.29) is 36.8 Å². The number of amides is 2. The summed E-state index contributed by atoms with van der Waals surface area (Å²) < 4.78 is 0. The second-order valence-corrected chi connectivity index (χ2v) is 5.30. The predicted molar refractivity (Wildman–Crippen MR) is 86.3 cm³/mol. The Hall–Kier alpha value is -1.59. The van der Waals surface area contributed by atoms with Gasteiger partial charge in [0.1, 0.15) is 6.04 Å². The highest BCUT2D eigenvalue weighted by atomic mass is 35.5. The van der Waals surface area contributed by atoms with Crippen molar-refractivity contribution in [1.29, 1.82) is 0 Å². The van der Waals surface area contributed by atoms with Crippen LogP contribution in [0.25, 0.3) is 0 Å². The molecule has 0 saturated heterocycles. The van der Waals surface area contributed by atoms with Gasteiger partial charge in [-0.2, -0.15) is 0 Å². The normalized spacial score (nSPS) is 11.5. The van der Waals surface area contributed by atoms with Crippen LogP contribution in [0.2, 0.25) is 0 Å². The summed E-state index contributed by atoms with van der Waals surface area (Å²) in [4.78, 5) is 25.1. The van der Waals surface area contributed by atoms with Crippen LogP contribution in [0.3, 0.4) is 0 Å². The smallest absolute Gasteiger partial charge is 0.244 e. The Kier molecular flexibility index (Phi) is 7.99. The predicted octanol–water partition coefficient (Wildman–Crippen LogP) is 1.40. The van der Waals surface area contributed by atoms with E-state index in [4.69, 9.17) is 5.73 Å². The second-order valence-electron chi connectivity index (χ2n) is 5.30. The number of nitrogens with one attached hydrogen (secondary N) is 1. The van der Waals surface area contributed by atoms with E-state index in [2.05, 4.69) is 5.32 Å². The van der Waals surface area contributed by atoms with E-state index in [1.165, 1.54) is 4.90 Å². The first-order valence-corrected chi connectivity index (χ1v) is 6.67. The fraction of sp³-hybridized carbons (Fsp3) is 0.467. The van der Waals surface area contributed by atoms with Gasteiger partial charge in [-0.15, -0.1) is 12.4 Å². The summed E-state index contributed by atoms with van der Waals surface area (Å²) >= 11 is 0. The highest BCUT2D eigenvalue weighted by Crippen LogP contribution is 2.13. The van der Waals surface area contributed by atoms with Crippen LogP contribution < -0.4 is 11.1 Å². The molecule has 0 aliphatic heterocycles. The van der Waals surface area contributed by atoms with Crippen molar-refractivity contribution in [1.82, 2.24) is 10.2 Å². The highest BCUT2D eigenvalue weighted by molar-refractivity contribution is 5.88. The van der Waals surface area contributed by atoms with Gasteiger partial charge in [0.05, 0.1) is 6.54 Å². The number of likely N-dealkylation sites (N-methyl/N-ethyl adjacent to an activating group) is 1. The van der Waals surface area contributed by atoms with Gasteiger partial charge in [0, 0.05) is 13.1 Å². The molecule has 0 bridgehead atoms. The maximum absolute atomic E-state index is 12.2. The molecule has 1 atom stereocenters. The zero-order chi connectivity index (χ0) is 15.3. The minimum Gasteiger partial charge on any atom is -0.352 e. The number of nitrogens with zero attached hydrogens (tertiary/aromatic N) is 1. The number of benzene rings is 1. The number of nitrogens with two attached hydrogens (primary N) is 1. The molecule has 21 heavy (non-hydrogen) atoms. The van der Waals surface area contributed by atoms with E-state index in [1.54, 1.807) is 7.05 Å². The standard InChI is InChI=1S/C15H23N3O2.ClH/c1-10(2)17-13(19)9-18(4)15(20)14(16)12-7-5-11(3)6-8-12;/h5-8,10,14H,9,16H2,1-4H3,(H,17,19);1H. The zero-order valence-corrected chi connectivity index (χ0v) is 13.7. The van der Waals surface area contributed by atoms with E-state index in [0.717, 1.165) is 11.1 Å². The van der Waals surface area contributed by atoms with Crippen LogP contribution >= 0.6 is 12.4 Å². The van der Waals surface area contributed by atoms with Gasteiger partial charge >= 0.3 is 0 Å². The summed E-state index contributed by atoms with van der Waals surface area (Å²) in [6, 6.07) is 6.80. The molecule has 0 aromatic heterocycles. The lowest BCUT2D eigenvalue weighted by Gasteiger charge is -2.21. The van der Waals surface area contributed by atoms with Crippen LogP contribution in [-0.2, 0) is 9.59 Å². The Balaban J connectivity index is 0.00000400. The molecule has 2 amide bonds. The number of hydrogen-bond acceptors (Lipinski definition) is 3. The molecule has 0 radical (unpaired) electrons. The van der Waals surface area contributed by atoms with Gasteiger partial charge < -0.3 is 16.0 Å². The molecule has 0 saturated carbocycles. The van der Waals surface area contributed by atoms with Gasteiger partial charge in [0.25, 0.3) is 0 Å². The fourth-order valence-corrected chi connectivity index (χ4v) is 1.81. The first-order valence-electron chi connectivity index (χ1n) is 6.67. The molecule has 1 rings (SSSR count). The molecule has 0 fully saturated rings. The maximum atomic E-state index is 12.2. The van der Waals surface area contributed by atoms with Gasteiger partial charge in [0.2, 0.25) is 11.8 Å². The number of rotatable bonds is 5. The summed E-state index contributed by atoms with van der Waals surface area (Å²) in [5.41, 5.74) is 7.80. The van der Waals surface area contributed by atoms with E-state index in [9.17, 15) is 9.59 Å². The summed E-state index contributed by atoms with van der Waals surface area (Å²) in [7, 11) is 1.58. The van der Waals surface area contributed by atoms with E-state index in [0.29, 0.717) is 0 Å². The molecule has 6 heteroatoms. The van der Waals surface area contributed by atoms with Crippen molar-refractivity contribution in [3.05, 3.63) is 35.4 Å². The Morgan fingerprint density at radius 3 is 2.24 bits per heavy atom. The molecule has 0 aliphatic rings. The molecule has 1 aromatic rings. The van der Waals surface area contributed by atoms with Gasteiger partial charge in [-0.05, 0) is 26.3 Å². The van der Waals surface area contributed by atoms with Crippen LogP contribution in [0.1, 0.15) is 31.0 Å². The first-order chi connectivity index (χ1) is 9.31. The van der Waals surface area contributed by atoms with Crippen LogP contribution in [0, 0.1) is 6.92 Å². The van der Waals surface area contributed by atoms with Gasteiger partial charge in [-0.1, -0.05) is 29.8 Å². The van der Waals surface area contributed by atoms with Gasteiger partial charge in [-0.25, -0.2) is 0 Å². The Labute approximate surface area is 132 Å². The number of carbonyl (C=O) groups excluding carboxylic acids is 2. The molecule has 0 heterocycles. The lowest BCUT2D eigenvalue weighted by Crippen LogP contribution is -2.43. The monoisotopic (exact) mass is 313 g/mol. The molecule has 0 aliphatic carbocycles. The molecule has 0 spiro atoms. The van der Waals surface area contributed by atoms with Gasteiger partial charge in [0.15, 0.2) is 0 Å². The van der Waals surface area contributed by atoms with Crippen molar-refractivity contribution < 1.29 is 9.59 Å². The SMILES string of the molecule is Cc1ccc(C(N)C(=O)N(C)CC(=O)NC(C)C)cc1.Cl. The van der Waals surface area contributed by atoms with Crippen molar-refractivity contribution in [3.63, 3.8) is 0 Å². The molecule has 5 nitrogen and oxygen atoms in total. The number of halogens is 1. The quantitative estimate of drug-likeness (QED) is 0.863. The van der Waals surface area contributed by atoms with Crippen LogP contribution in [-0.4, -0.2) is 36.3 Å². The minimum absolute atomic E-state index is 0. The lowest BCUT2D eigenvalue weighted by molar-refractivity contribution is -0.136. The fourth-order valence-electron chi connectivity index (χ4n) is 1.81. The summed E-state index contributed by atoms with van der Waals surface area (Å²) in [6.45, 7) is 5.73. The molecule has 118 valence electrons. The largest absolute Gasteiger partial charge is 0.352 e. The summed E-state index contributed by atoms with van der Waals surface area (Å²) in [6.07, 6.45) is 0. The second kappa shape index (κ2) is 8.64. The number of aryl methyl sites for hydroxylation is 1. The van der Waals surface area contributed by atoms with Gasteiger partial charge in [-0.3, -0.25) is 9.59 Å². The molecule has 3 N–H and O–H groups in total. The molecule has 1 aromatic carbocycles. The molecular weight excluding hydrogens is 290 g/mol. The van der Waals surface area contributed by atoms with Crippen molar-refractivity contribution in [2.75, 3.05) is 13.6 Å². The number of carbonyl (C=O) groups is 2. The Morgan fingerprint density at radius 2 is 1.76 bits per heavy atom. The molecular formula is C15H24ClN3O2. The topological polar surface area (TPSA) is 75.4 Å². The van der Waals surface area contributed by atoms with Crippen LogP contribution in [0.15, 0.2) is 24.3 Å². The number of hydrogen-bond donors (Lipinski definition) is 2. The summed E-state index contributed by atoms with van der Waals surface area (Å²) in [5, 5.41) is 2.74. The third kappa shape index (κ3) is 6.14. The van der Waals surface area contributed by atoms with Crippen molar-refractivity contribution in [3.8, 4) is 0 Å². The molecule has 1 unspecified atom stereocenters.